The number of carbonyl (C=O) groups is 1. The van der Waals surface area contributed by atoms with E-state index in [2.05, 4.69) is 10.3 Å². The molecule has 1 heterocycles. The Hall–Kier alpha value is -1.62. The van der Waals surface area contributed by atoms with E-state index in [9.17, 15) is 9.90 Å². The molecule has 1 aromatic heterocycles. The highest BCUT2D eigenvalue weighted by atomic mass is 16.3. The van der Waals surface area contributed by atoms with Crippen molar-refractivity contribution in [3.8, 4) is 5.75 Å². The fourth-order valence-electron chi connectivity index (χ4n) is 0.714. The van der Waals surface area contributed by atoms with E-state index in [0.29, 0.717) is 0 Å². The molecule has 1 aromatic rings. The van der Waals surface area contributed by atoms with Crippen LogP contribution in [0.15, 0.2) is 18.3 Å². The Labute approximate surface area is 75.0 Å². The maximum absolute atomic E-state index is 11.0. The molecule has 1 amide bonds. The van der Waals surface area contributed by atoms with Crippen molar-refractivity contribution in [1.82, 2.24) is 4.98 Å². The lowest BCUT2D eigenvalue weighted by Gasteiger charge is -2.06. The van der Waals surface area contributed by atoms with Crippen molar-refractivity contribution < 1.29 is 15.0 Å². The molecule has 70 valence electrons. The minimum absolute atomic E-state index is 0.0494. The van der Waals surface area contributed by atoms with Crippen LogP contribution in [0.2, 0.25) is 0 Å². The highest BCUT2D eigenvalue weighted by molar-refractivity contribution is 5.93. The van der Waals surface area contributed by atoms with E-state index < -0.39 is 12.0 Å². The Bertz CT molecular complexity index is 312. The largest absolute Gasteiger partial charge is 0.504 e. The molecule has 0 radical (unpaired) electrons. The van der Waals surface area contributed by atoms with E-state index in [1.165, 1.54) is 25.3 Å². The van der Waals surface area contributed by atoms with Crippen molar-refractivity contribution >= 4 is 11.7 Å². The second-order valence-electron chi connectivity index (χ2n) is 2.54. The lowest BCUT2D eigenvalue weighted by Crippen LogP contribution is -2.24. The number of aliphatic hydroxyl groups excluding tert-OH is 1. The zero-order valence-corrected chi connectivity index (χ0v) is 7.06. The van der Waals surface area contributed by atoms with Gasteiger partial charge in [-0.3, -0.25) is 4.79 Å². The van der Waals surface area contributed by atoms with Crippen LogP contribution in [-0.2, 0) is 4.79 Å². The SMILES string of the molecule is C[C@@H](O)C(=O)Nc1ncccc1O. The number of nitrogens with one attached hydrogen (secondary N) is 1. The lowest BCUT2D eigenvalue weighted by molar-refractivity contribution is -0.123. The van der Waals surface area contributed by atoms with Crippen LogP contribution in [0, 0.1) is 0 Å². The molecule has 0 bridgehead atoms. The molecule has 0 aliphatic heterocycles. The van der Waals surface area contributed by atoms with Crippen molar-refractivity contribution in [2.75, 3.05) is 5.32 Å². The zero-order valence-electron chi connectivity index (χ0n) is 7.06. The predicted octanol–water partition coefficient (Wildman–Crippen LogP) is 0.106. The fourth-order valence-corrected chi connectivity index (χ4v) is 0.714. The van der Waals surface area contributed by atoms with Crippen LogP contribution in [-0.4, -0.2) is 27.2 Å². The van der Waals surface area contributed by atoms with Gasteiger partial charge in [-0.25, -0.2) is 4.98 Å². The van der Waals surface area contributed by atoms with Gasteiger partial charge in [0.25, 0.3) is 5.91 Å². The van der Waals surface area contributed by atoms with Gasteiger partial charge in [-0.15, -0.1) is 0 Å². The molecule has 0 unspecified atom stereocenters. The summed E-state index contributed by atoms with van der Waals surface area (Å²) in [5, 5.41) is 20.3. The summed E-state index contributed by atoms with van der Waals surface area (Å²) in [6.45, 7) is 1.33. The number of aromatic nitrogens is 1. The maximum atomic E-state index is 11.0. The molecule has 1 atom stereocenters. The van der Waals surface area contributed by atoms with Crippen LogP contribution in [0.3, 0.4) is 0 Å². The van der Waals surface area contributed by atoms with Crippen molar-refractivity contribution in [2.24, 2.45) is 0 Å². The van der Waals surface area contributed by atoms with E-state index >= 15 is 0 Å². The Morgan fingerprint density at radius 1 is 1.69 bits per heavy atom. The standard InChI is InChI=1S/C8H10N2O3/c1-5(11)8(13)10-7-6(12)3-2-4-9-7/h2-5,11-12H,1H3,(H,9,10,13)/t5-/m1/s1. The number of pyridine rings is 1. The number of aliphatic hydroxyl groups is 1. The number of rotatable bonds is 2. The van der Waals surface area contributed by atoms with Crippen LogP contribution in [0.5, 0.6) is 5.75 Å². The number of anilines is 1. The molecule has 0 aliphatic rings. The molecule has 0 spiro atoms. The van der Waals surface area contributed by atoms with Gasteiger partial charge in [-0.2, -0.15) is 0 Å². The molecule has 0 aromatic carbocycles. The molecule has 0 saturated carbocycles. The molecular formula is C8H10N2O3. The van der Waals surface area contributed by atoms with Gasteiger partial charge in [0.1, 0.15) is 6.10 Å². The van der Waals surface area contributed by atoms with Crippen LogP contribution >= 0.6 is 0 Å². The van der Waals surface area contributed by atoms with Crippen LogP contribution < -0.4 is 5.32 Å². The molecule has 5 nitrogen and oxygen atoms in total. The first kappa shape index (κ1) is 9.47. The zero-order chi connectivity index (χ0) is 9.84. The first-order valence-corrected chi connectivity index (χ1v) is 3.74. The highest BCUT2D eigenvalue weighted by Crippen LogP contribution is 2.17. The van der Waals surface area contributed by atoms with E-state index in [1.54, 1.807) is 0 Å². The van der Waals surface area contributed by atoms with Crippen LogP contribution in [0.1, 0.15) is 6.92 Å². The Morgan fingerprint density at radius 3 is 2.92 bits per heavy atom. The first-order chi connectivity index (χ1) is 6.11. The topological polar surface area (TPSA) is 82.5 Å². The summed E-state index contributed by atoms with van der Waals surface area (Å²) in [6.07, 6.45) is 0.304. The first-order valence-electron chi connectivity index (χ1n) is 3.74. The molecule has 13 heavy (non-hydrogen) atoms. The predicted molar refractivity (Wildman–Crippen MR) is 46.2 cm³/mol. The summed E-state index contributed by atoms with van der Waals surface area (Å²) in [4.78, 5) is 14.7. The van der Waals surface area contributed by atoms with Gasteiger partial charge in [0, 0.05) is 6.20 Å². The molecule has 0 fully saturated rings. The minimum Gasteiger partial charge on any atom is -0.504 e. The second-order valence-corrected chi connectivity index (χ2v) is 2.54. The highest BCUT2D eigenvalue weighted by Gasteiger charge is 2.11. The van der Waals surface area contributed by atoms with Crippen LogP contribution in [0.4, 0.5) is 5.82 Å². The van der Waals surface area contributed by atoms with Gasteiger partial charge < -0.3 is 15.5 Å². The Morgan fingerprint density at radius 2 is 2.38 bits per heavy atom. The summed E-state index contributed by atoms with van der Waals surface area (Å²) in [6, 6.07) is 2.93. The van der Waals surface area contributed by atoms with Crippen molar-refractivity contribution in [1.29, 1.82) is 0 Å². The number of hydrogen-bond donors (Lipinski definition) is 3. The normalized spacial score (nSPS) is 12.2. The Kier molecular flexibility index (Phi) is 2.81. The quantitative estimate of drug-likeness (QED) is 0.606. The molecule has 0 saturated heterocycles. The van der Waals surface area contributed by atoms with Crippen molar-refractivity contribution in [2.45, 2.75) is 13.0 Å². The average molecular weight is 182 g/mol. The van der Waals surface area contributed by atoms with Gasteiger partial charge in [-0.05, 0) is 19.1 Å². The lowest BCUT2D eigenvalue weighted by atomic mass is 10.3. The average Bonchev–Trinajstić information content (AvgIpc) is 2.08. The molecule has 0 aliphatic carbocycles. The van der Waals surface area contributed by atoms with E-state index in [1.807, 2.05) is 0 Å². The third-order valence-corrected chi connectivity index (χ3v) is 1.41. The summed E-state index contributed by atoms with van der Waals surface area (Å²) in [5.41, 5.74) is 0. The molecule has 3 N–H and O–H groups in total. The minimum atomic E-state index is -1.12. The summed E-state index contributed by atoms with van der Waals surface area (Å²) < 4.78 is 0. The number of aromatic hydroxyl groups is 1. The van der Waals surface area contributed by atoms with Crippen molar-refractivity contribution in [3.63, 3.8) is 0 Å². The summed E-state index contributed by atoms with van der Waals surface area (Å²) in [5.74, 6) is -0.682. The second kappa shape index (κ2) is 3.86. The van der Waals surface area contributed by atoms with Gasteiger partial charge >= 0.3 is 0 Å². The molecule has 5 heteroatoms. The third-order valence-electron chi connectivity index (χ3n) is 1.41. The van der Waals surface area contributed by atoms with Gasteiger partial charge in [0.15, 0.2) is 11.6 Å². The van der Waals surface area contributed by atoms with Crippen LogP contribution in [0.25, 0.3) is 0 Å². The van der Waals surface area contributed by atoms with Crippen molar-refractivity contribution in [3.05, 3.63) is 18.3 Å². The fraction of sp³-hybridized carbons (Fsp3) is 0.250. The van der Waals surface area contributed by atoms with E-state index in [0.717, 1.165) is 0 Å². The number of nitrogens with zero attached hydrogens (tertiary/aromatic N) is 1. The molecule has 1 rings (SSSR count). The maximum Gasteiger partial charge on any atom is 0.254 e. The third kappa shape index (κ3) is 2.41. The Balaban J connectivity index is 2.75. The summed E-state index contributed by atoms with van der Waals surface area (Å²) in [7, 11) is 0. The van der Waals surface area contributed by atoms with Gasteiger partial charge in [-0.1, -0.05) is 0 Å². The molecular weight excluding hydrogens is 172 g/mol. The van der Waals surface area contributed by atoms with Gasteiger partial charge in [0.05, 0.1) is 0 Å². The smallest absolute Gasteiger partial charge is 0.254 e. The monoisotopic (exact) mass is 182 g/mol. The number of amides is 1. The number of carbonyl (C=O) groups excluding carboxylic acids is 1. The van der Waals surface area contributed by atoms with Gasteiger partial charge in [0.2, 0.25) is 0 Å². The van der Waals surface area contributed by atoms with E-state index in [4.69, 9.17) is 5.11 Å². The summed E-state index contributed by atoms with van der Waals surface area (Å²) >= 11 is 0. The van der Waals surface area contributed by atoms with E-state index in [-0.39, 0.29) is 11.6 Å². The number of hydrogen-bond acceptors (Lipinski definition) is 4.